The Morgan fingerprint density at radius 1 is 0.929 bits per heavy atom. The highest BCUT2D eigenvalue weighted by Gasteiger charge is 2.34. The van der Waals surface area contributed by atoms with E-state index < -0.39 is 0 Å². The van der Waals surface area contributed by atoms with E-state index in [1.165, 1.54) is 0 Å². The van der Waals surface area contributed by atoms with Crippen molar-refractivity contribution < 1.29 is 10.2 Å². The Bertz CT molecular complexity index is 160. The summed E-state index contributed by atoms with van der Waals surface area (Å²) in [7, 11) is 0. The van der Waals surface area contributed by atoms with Crippen LogP contribution in [0.4, 0.5) is 0 Å². The van der Waals surface area contributed by atoms with E-state index in [0.29, 0.717) is 23.2 Å². The lowest BCUT2D eigenvalue weighted by molar-refractivity contribution is 0.0472. The molecule has 2 heteroatoms. The summed E-state index contributed by atoms with van der Waals surface area (Å²) in [5.74, 6) is 1.46. The van der Waals surface area contributed by atoms with Crippen LogP contribution in [0.2, 0.25) is 0 Å². The van der Waals surface area contributed by atoms with Crippen LogP contribution in [0.5, 0.6) is 0 Å². The lowest BCUT2D eigenvalue weighted by atomic mass is 9.66. The third-order valence-electron chi connectivity index (χ3n) is 3.64. The van der Waals surface area contributed by atoms with Crippen molar-refractivity contribution in [2.24, 2.45) is 23.2 Å². The number of hydrogen-bond acceptors (Lipinski definition) is 2. The van der Waals surface area contributed by atoms with Crippen molar-refractivity contribution in [3.8, 4) is 0 Å². The Kier molecular flexibility index (Phi) is 3.96. The van der Waals surface area contributed by atoms with Gasteiger partial charge in [-0.05, 0) is 42.4 Å². The van der Waals surface area contributed by atoms with E-state index in [4.69, 9.17) is 0 Å². The van der Waals surface area contributed by atoms with E-state index in [1.54, 1.807) is 0 Å². The van der Waals surface area contributed by atoms with E-state index in [-0.39, 0.29) is 13.2 Å². The maximum absolute atomic E-state index is 9.21. The van der Waals surface area contributed by atoms with Crippen molar-refractivity contribution in [3.05, 3.63) is 0 Å². The van der Waals surface area contributed by atoms with Gasteiger partial charge in [-0.1, -0.05) is 20.8 Å². The largest absolute Gasteiger partial charge is 0.396 e. The van der Waals surface area contributed by atoms with Gasteiger partial charge in [-0.2, -0.15) is 0 Å². The van der Waals surface area contributed by atoms with Crippen LogP contribution >= 0.6 is 0 Å². The number of rotatable bonds is 2. The standard InChI is InChI=1S/C12H24O2/c1-12(2,3)11-5-9(7-13)4-10(6-11)8-14/h9-11,13-14H,4-8H2,1-3H3. The smallest absolute Gasteiger partial charge is 0.0459 e. The number of hydrogen-bond donors (Lipinski definition) is 2. The van der Waals surface area contributed by atoms with Crippen molar-refractivity contribution >= 4 is 0 Å². The molecule has 0 heterocycles. The van der Waals surface area contributed by atoms with Crippen LogP contribution in [0.3, 0.4) is 0 Å². The molecule has 2 unspecified atom stereocenters. The maximum Gasteiger partial charge on any atom is 0.0459 e. The van der Waals surface area contributed by atoms with Crippen molar-refractivity contribution in [1.82, 2.24) is 0 Å². The molecule has 84 valence electrons. The van der Waals surface area contributed by atoms with Crippen LogP contribution in [0.15, 0.2) is 0 Å². The molecule has 14 heavy (non-hydrogen) atoms. The Morgan fingerprint density at radius 3 is 1.64 bits per heavy atom. The fourth-order valence-electron chi connectivity index (χ4n) is 2.57. The van der Waals surface area contributed by atoms with Crippen LogP contribution in [-0.2, 0) is 0 Å². The first kappa shape index (κ1) is 12.0. The summed E-state index contributed by atoms with van der Waals surface area (Å²) < 4.78 is 0. The van der Waals surface area contributed by atoms with Gasteiger partial charge in [0.25, 0.3) is 0 Å². The summed E-state index contributed by atoms with van der Waals surface area (Å²) in [6, 6.07) is 0. The second-order valence-electron chi connectivity index (χ2n) is 5.87. The molecule has 2 atom stereocenters. The SMILES string of the molecule is CC(C)(C)C1CC(CO)CC(CO)C1. The molecule has 2 nitrogen and oxygen atoms in total. The molecule has 0 aromatic heterocycles. The molecule has 0 aromatic carbocycles. The van der Waals surface area contributed by atoms with Gasteiger partial charge in [-0.15, -0.1) is 0 Å². The zero-order valence-electron chi connectivity index (χ0n) is 9.66. The minimum absolute atomic E-state index is 0.281. The fourth-order valence-corrected chi connectivity index (χ4v) is 2.57. The number of aliphatic hydroxyl groups is 2. The Morgan fingerprint density at radius 2 is 1.36 bits per heavy atom. The van der Waals surface area contributed by atoms with E-state index in [2.05, 4.69) is 20.8 Å². The van der Waals surface area contributed by atoms with Gasteiger partial charge in [0, 0.05) is 13.2 Å². The average molecular weight is 200 g/mol. The third-order valence-corrected chi connectivity index (χ3v) is 3.64. The molecule has 1 rings (SSSR count). The monoisotopic (exact) mass is 200 g/mol. The van der Waals surface area contributed by atoms with Crippen molar-refractivity contribution in [2.45, 2.75) is 40.0 Å². The van der Waals surface area contributed by atoms with Crippen LogP contribution < -0.4 is 0 Å². The third kappa shape index (κ3) is 2.96. The summed E-state index contributed by atoms with van der Waals surface area (Å²) in [5, 5.41) is 18.4. The van der Waals surface area contributed by atoms with Crippen molar-refractivity contribution in [1.29, 1.82) is 0 Å². The van der Waals surface area contributed by atoms with Gasteiger partial charge in [0.2, 0.25) is 0 Å². The maximum atomic E-state index is 9.21. The van der Waals surface area contributed by atoms with E-state index in [9.17, 15) is 10.2 Å². The molecule has 1 fully saturated rings. The molecular formula is C12H24O2. The first-order chi connectivity index (χ1) is 6.47. The number of aliphatic hydroxyl groups excluding tert-OH is 2. The van der Waals surface area contributed by atoms with Crippen molar-refractivity contribution in [2.75, 3.05) is 13.2 Å². The zero-order valence-corrected chi connectivity index (χ0v) is 9.66. The van der Waals surface area contributed by atoms with Crippen LogP contribution in [-0.4, -0.2) is 23.4 Å². The van der Waals surface area contributed by atoms with Gasteiger partial charge in [-0.3, -0.25) is 0 Å². The summed E-state index contributed by atoms with van der Waals surface area (Å²) >= 11 is 0. The Hall–Kier alpha value is -0.0800. The molecule has 0 saturated heterocycles. The van der Waals surface area contributed by atoms with Gasteiger partial charge in [-0.25, -0.2) is 0 Å². The van der Waals surface area contributed by atoms with Crippen LogP contribution in [0.25, 0.3) is 0 Å². The summed E-state index contributed by atoms with van der Waals surface area (Å²) in [6.07, 6.45) is 3.24. The lowest BCUT2D eigenvalue weighted by Gasteiger charge is -2.40. The van der Waals surface area contributed by atoms with E-state index in [1.807, 2.05) is 0 Å². The second-order valence-corrected chi connectivity index (χ2v) is 5.87. The topological polar surface area (TPSA) is 40.5 Å². The van der Waals surface area contributed by atoms with E-state index in [0.717, 1.165) is 19.3 Å². The predicted octanol–water partition coefficient (Wildman–Crippen LogP) is 2.05. The quantitative estimate of drug-likeness (QED) is 0.716. The highest BCUT2D eigenvalue weighted by atomic mass is 16.3. The van der Waals surface area contributed by atoms with E-state index >= 15 is 0 Å². The molecule has 0 aromatic rings. The van der Waals surface area contributed by atoms with Crippen LogP contribution in [0.1, 0.15) is 40.0 Å². The summed E-state index contributed by atoms with van der Waals surface area (Å²) in [5.41, 5.74) is 0.307. The molecule has 1 aliphatic carbocycles. The van der Waals surface area contributed by atoms with Crippen molar-refractivity contribution in [3.63, 3.8) is 0 Å². The Balaban J connectivity index is 2.60. The highest BCUT2D eigenvalue weighted by molar-refractivity contribution is 4.84. The minimum Gasteiger partial charge on any atom is -0.396 e. The molecule has 0 radical (unpaired) electrons. The fraction of sp³-hybridized carbons (Fsp3) is 1.00. The zero-order chi connectivity index (χ0) is 10.8. The predicted molar refractivity (Wildman–Crippen MR) is 57.9 cm³/mol. The first-order valence-corrected chi connectivity index (χ1v) is 5.69. The average Bonchev–Trinajstić information content (AvgIpc) is 2.15. The molecular weight excluding hydrogens is 176 g/mol. The summed E-state index contributed by atoms with van der Waals surface area (Å²) in [4.78, 5) is 0. The Labute approximate surface area is 87.3 Å². The second kappa shape index (κ2) is 4.63. The van der Waals surface area contributed by atoms with Gasteiger partial charge in [0.05, 0.1) is 0 Å². The molecule has 0 aliphatic heterocycles. The molecule has 1 aliphatic rings. The van der Waals surface area contributed by atoms with Gasteiger partial charge in [0.15, 0.2) is 0 Å². The first-order valence-electron chi connectivity index (χ1n) is 5.69. The molecule has 0 bridgehead atoms. The molecule has 1 saturated carbocycles. The van der Waals surface area contributed by atoms with Gasteiger partial charge >= 0.3 is 0 Å². The van der Waals surface area contributed by atoms with Crippen LogP contribution in [0, 0.1) is 23.2 Å². The molecule has 2 N–H and O–H groups in total. The summed E-state index contributed by atoms with van der Waals surface area (Å²) in [6.45, 7) is 7.33. The molecule has 0 spiro atoms. The minimum atomic E-state index is 0.281. The highest BCUT2D eigenvalue weighted by Crippen LogP contribution is 2.42. The van der Waals surface area contributed by atoms with Gasteiger partial charge < -0.3 is 10.2 Å². The molecule has 0 amide bonds. The van der Waals surface area contributed by atoms with Gasteiger partial charge in [0.1, 0.15) is 0 Å². The normalized spacial score (nSPS) is 34.5. The lowest BCUT2D eigenvalue weighted by Crippen LogP contribution is -2.33.